The number of nitrogens with zero attached hydrogens (tertiary/aromatic N) is 1. The quantitative estimate of drug-likeness (QED) is 0.520. The van der Waals surface area contributed by atoms with Gasteiger partial charge in [0.2, 0.25) is 0 Å². The van der Waals surface area contributed by atoms with E-state index < -0.39 is 11.4 Å². The zero-order chi connectivity index (χ0) is 15.3. The summed E-state index contributed by atoms with van der Waals surface area (Å²) in [6, 6.07) is 1.47. The lowest BCUT2D eigenvalue weighted by Crippen LogP contribution is -2.18. The summed E-state index contributed by atoms with van der Waals surface area (Å²) in [6.45, 7) is 7.15. The highest BCUT2D eigenvalue weighted by atomic mass is 16.5. The smallest absolute Gasteiger partial charge is 0.340 e. The Morgan fingerprint density at radius 3 is 2.55 bits per heavy atom. The van der Waals surface area contributed by atoms with Gasteiger partial charge in [-0.2, -0.15) is 0 Å². The third-order valence-corrected chi connectivity index (χ3v) is 2.60. The maximum Gasteiger partial charge on any atom is 0.340 e. The van der Waals surface area contributed by atoms with Crippen molar-refractivity contribution in [1.29, 1.82) is 0 Å². The van der Waals surface area contributed by atoms with Gasteiger partial charge in [-0.15, -0.1) is 0 Å². The molecule has 1 rings (SSSR count). The van der Waals surface area contributed by atoms with Crippen molar-refractivity contribution in [2.75, 3.05) is 6.61 Å². The van der Waals surface area contributed by atoms with Crippen molar-refractivity contribution >= 4 is 17.5 Å². The van der Waals surface area contributed by atoms with Crippen molar-refractivity contribution in [2.45, 2.75) is 27.7 Å². The summed E-state index contributed by atoms with van der Waals surface area (Å²) < 4.78 is 4.89. The molecule has 1 aromatic heterocycles. The average Bonchev–Trinajstić information content (AvgIpc) is 2.37. The number of hydrogen-bond acceptors (Lipinski definition) is 5. The zero-order valence-corrected chi connectivity index (χ0v) is 12.1. The number of hydrogen-bond donors (Lipinski definition) is 1. The number of aromatic nitrogens is 1. The lowest BCUT2D eigenvalue weighted by atomic mass is 9.90. The predicted molar refractivity (Wildman–Crippen MR) is 75.3 cm³/mol. The highest BCUT2D eigenvalue weighted by molar-refractivity contribution is 6.01. The standard InChI is InChI=1S/C15H19NO4/c1-5-20-14(19)11-9-16-7-6-10(11)12(17)8-13(18)15(2,3)4/h6-9,17H,5H2,1-4H3/b12-8-. The molecule has 108 valence electrons. The predicted octanol–water partition coefficient (Wildman–Crippen LogP) is 2.77. The molecular formula is C15H19NO4. The first-order valence-electron chi connectivity index (χ1n) is 6.34. The van der Waals surface area contributed by atoms with Crippen LogP contribution in [0, 0.1) is 5.41 Å². The summed E-state index contributed by atoms with van der Waals surface area (Å²) in [6.07, 6.45) is 3.86. The number of allylic oxidation sites excluding steroid dienone is 1. The Kier molecular flexibility index (Phi) is 5.02. The van der Waals surface area contributed by atoms with E-state index in [-0.39, 0.29) is 29.3 Å². The lowest BCUT2D eigenvalue weighted by molar-refractivity contribution is -0.121. The van der Waals surface area contributed by atoms with Crippen LogP contribution in [0.2, 0.25) is 0 Å². The second-order valence-electron chi connectivity index (χ2n) is 5.29. The summed E-state index contributed by atoms with van der Waals surface area (Å²) in [4.78, 5) is 27.5. The molecule has 20 heavy (non-hydrogen) atoms. The summed E-state index contributed by atoms with van der Waals surface area (Å²) in [5.74, 6) is -1.09. The number of aliphatic hydroxyl groups is 1. The monoisotopic (exact) mass is 277 g/mol. The lowest BCUT2D eigenvalue weighted by Gasteiger charge is -2.14. The maximum atomic E-state index is 11.9. The Balaban J connectivity index is 3.17. The maximum absolute atomic E-state index is 11.9. The minimum Gasteiger partial charge on any atom is -0.507 e. The number of pyridine rings is 1. The van der Waals surface area contributed by atoms with Crippen LogP contribution in [0.4, 0.5) is 0 Å². The molecule has 0 radical (unpaired) electrons. The van der Waals surface area contributed by atoms with Crippen LogP contribution in [0.5, 0.6) is 0 Å². The third-order valence-electron chi connectivity index (χ3n) is 2.60. The van der Waals surface area contributed by atoms with E-state index in [0.29, 0.717) is 0 Å². The second-order valence-corrected chi connectivity index (χ2v) is 5.29. The molecular weight excluding hydrogens is 258 g/mol. The van der Waals surface area contributed by atoms with Gasteiger partial charge in [0.05, 0.1) is 12.2 Å². The largest absolute Gasteiger partial charge is 0.507 e. The van der Waals surface area contributed by atoms with Gasteiger partial charge in [-0.05, 0) is 13.0 Å². The van der Waals surface area contributed by atoms with Gasteiger partial charge < -0.3 is 9.84 Å². The first kappa shape index (κ1) is 15.9. The van der Waals surface area contributed by atoms with Gasteiger partial charge in [0, 0.05) is 29.4 Å². The van der Waals surface area contributed by atoms with Crippen LogP contribution >= 0.6 is 0 Å². The molecule has 5 nitrogen and oxygen atoms in total. The van der Waals surface area contributed by atoms with Crippen molar-refractivity contribution in [3.8, 4) is 0 Å². The number of ketones is 1. The average molecular weight is 277 g/mol. The number of carbonyl (C=O) groups is 2. The highest BCUT2D eigenvalue weighted by Crippen LogP contribution is 2.21. The van der Waals surface area contributed by atoms with Gasteiger partial charge in [-0.25, -0.2) is 4.79 Å². The van der Waals surface area contributed by atoms with Crippen molar-refractivity contribution in [3.05, 3.63) is 35.7 Å². The van der Waals surface area contributed by atoms with E-state index >= 15 is 0 Å². The molecule has 0 saturated heterocycles. The van der Waals surface area contributed by atoms with Crippen LogP contribution in [-0.2, 0) is 9.53 Å². The van der Waals surface area contributed by atoms with Crippen LogP contribution in [0.15, 0.2) is 24.5 Å². The van der Waals surface area contributed by atoms with Crippen molar-refractivity contribution < 1.29 is 19.4 Å². The molecule has 0 aliphatic heterocycles. The number of carbonyl (C=O) groups excluding carboxylic acids is 2. The Bertz CT molecular complexity index is 541. The van der Waals surface area contributed by atoms with Gasteiger partial charge in [-0.3, -0.25) is 9.78 Å². The molecule has 5 heteroatoms. The fraction of sp³-hybridized carbons (Fsp3) is 0.400. The molecule has 0 aliphatic rings. The number of ether oxygens (including phenoxy) is 1. The summed E-state index contributed by atoms with van der Waals surface area (Å²) >= 11 is 0. The van der Waals surface area contributed by atoms with E-state index in [9.17, 15) is 14.7 Å². The van der Waals surface area contributed by atoms with Crippen LogP contribution in [0.25, 0.3) is 5.76 Å². The first-order valence-corrected chi connectivity index (χ1v) is 6.34. The minimum absolute atomic E-state index is 0.129. The molecule has 1 heterocycles. The van der Waals surface area contributed by atoms with Crippen LogP contribution in [0.3, 0.4) is 0 Å². The number of rotatable bonds is 4. The SMILES string of the molecule is CCOC(=O)c1cnccc1/C(O)=C/C(=O)C(C)(C)C. The Morgan fingerprint density at radius 1 is 1.35 bits per heavy atom. The van der Waals surface area contributed by atoms with E-state index in [1.165, 1.54) is 18.5 Å². The molecule has 0 unspecified atom stereocenters. The van der Waals surface area contributed by atoms with Gasteiger partial charge in [0.1, 0.15) is 5.76 Å². The Hall–Kier alpha value is -2.17. The molecule has 1 N–H and O–H groups in total. The van der Waals surface area contributed by atoms with Gasteiger partial charge in [-0.1, -0.05) is 20.8 Å². The van der Waals surface area contributed by atoms with Crippen molar-refractivity contribution in [2.24, 2.45) is 5.41 Å². The molecule has 0 bridgehead atoms. The molecule has 1 aromatic rings. The highest BCUT2D eigenvalue weighted by Gasteiger charge is 2.21. The first-order chi connectivity index (χ1) is 9.27. The molecule has 0 saturated carbocycles. The summed E-state index contributed by atoms with van der Waals surface area (Å²) in [7, 11) is 0. The summed E-state index contributed by atoms with van der Waals surface area (Å²) in [5.41, 5.74) is -0.244. The zero-order valence-electron chi connectivity index (χ0n) is 12.1. The number of aliphatic hydroxyl groups excluding tert-OH is 1. The normalized spacial score (nSPS) is 12.1. The van der Waals surface area contributed by atoms with E-state index in [0.717, 1.165) is 6.08 Å². The topological polar surface area (TPSA) is 76.5 Å². The molecule has 0 spiro atoms. The van der Waals surface area contributed by atoms with E-state index in [1.54, 1.807) is 27.7 Å². The van der Waals surface area contributed by atoms with Crippen molar-refractivity contribution in [3.63, 3.8) is 0 Å². The van der Waals surface area contributed by atoms with Crippen molar-refractivity contribution in [1.82, 2.24) is 4.98 Å². The Labute approximate surface area is 118 Å². The fourth-order valence-corrected chi connectivity index (χ4v) is 1.41. The minimum atomic E-state index is -0.606. The van der Waals surface area contributed by atoms with Crippen LogP contribution in [0.1, 0.15) is 43.6 Å². The van der Waals surface area contributed by atoms with E-state index in [4.69, 9.17) is 4.74 Å². The molecule has 0 aromatic carbocycles. The van der Waals surface area contributed by atoms with Gasteiger partial charge >= 0.3 is 5.97 Å². The molecule has 0 amide bonds. The molecule has 0 fully saturated rings. The number of esters is 1. The third kappa shape index (κ3) is 3.91. The Morgan fingerprint density at radius 2 is 2.00 bits per heavy atom. The van der Waals surface area contributed by atoms with Gasteiger partial charge in [0.25, 0.3) is 0 Å². The molecule has 0 aliphatic carbocycles. The van der Waals surface area contributed by atoms with Crippen LogP contribution in [-0.4, -0.2) is 28.4 Å². The molecule has 0 atom stereocenters. The van der Waals surface area contributed by atoms with E-state index in [2.05, 4.69) is 4.98 Å². The van der Waals surface area contributed by atoms with E-state index in [1.807, 2.05) is 0 Å². The van der Waals surface area contributed by atoms with Gasteiger partial charge in [0.15, 0.2) is 5.78 Å². The fourth-order valence-electron chi connectivity index (χ4n) is 1.41. The van der Waals surface area contributed by atoms with Crippen LogP contribution < -0.4 is 0 Å². The second kappa shape index (κ2) is 6.32. The summed E-state index contributed by atoms with van der Waals surface area (Å²) in [5, 5.41) is 10.1.